The third kappa shape index (κ3) is 3.70. The summed E-state index contributed by atoms with van der Waals surface area (Å²) in [6.45, 7) is 0. The van der Waals surface area contributed by atoms with Crippen LogP contribution in [0, 0.1) is 0 Å². The number of anilines is 3. The number of benzene rings is 1. The zero-order chi connectivity index (χ0) is 18.0. The van der Waals surface area contributed by atoms with E-state index in [9.17, 15) is 8.42 Å². The second-order valence-corrected chi connectivity index (χ2v) is 6.04. The molecule has 0 saturated heterocycles. The third-order valence-corrected chi connectivity index (χ3v) is 3.58. The van der Waals surface area contributed by atoms with Crippen LogP contribution in [0.3, 0.4) is 0 Å². The molecular formula is C13H14N6O5S. The van der Waals surface area contributed by atoms with Gasteiger partial charge in [0.1, 0.15) is 12.1 Å². The number of oxazole rings is 1. The van der Waals surface area contributed by atoms with Crippen LogP contribution in [0.2, 0.25) is 0 Å². The SMILES string of the molecule is COc1cc2ncnc(Nc3cnc(NS(N)(=O)=O)o3)c2cc1OC. The summed E-state index contributed by atoms with van der Waals surface area (Å²) in [5, 5.41) is 8.38. The number of aromatic nitrogens is 3. The maximum atomic E-state index is 11.0. The van der Waals surface area contributed by atoms with Crippen LogP contribution in [0.1, 0.15) is 0 Å². The minimum atomic E-state index is -3.98. The van der Waals surface area contributed by atoms with Crippen molar-refractivity contribution >= 4 is 38.8 Å². The van der Waals surface area contributed by atoms with Crippen LogP contribution in [0.5, 0.6) is 11.5 Å². The average molecular weight is 366 g/mol. The summed E-state index contributed by atoms with van der Waals surface area (Å²) in [6.07, 6.45) is 2.64. The number of ether oxygens (including phenoxy) is 2. The lowest BCUT2D eigenvalue weighted by Crippen LogP contribution is -2.21. The first kappa shape index (κ1) is 16.7. The Morgan fingerprint density at radius 2 is 1.84 bits per heavy atom. The lowest BCUT2D eigenvalue weighted by Gasteiger charge is -2.10. The molecule has 1 aromatic carbocycles. The van der Waals surface area contributed by atoms with E-state index in [1.165, 1.54) is 26.7 Å². The Kier molecular flexibility index (Phi) is 4.29. The first-order chi connectivity index (χ1) is 11.9. The molecule has 2 aromatic heterocycles. The van der Waals surface area contributed by atoms with Crippen molar-refractivity contribution < 1.29 is 22.3 Å². The van der Waals surface area contributed by atoms with Crippen molar-refractivity contribution in [3.63, 3.8) is 0 Å². The number of hydrogen-bond donors (Lipinski definition) is 3. The number of nitrogens with zero attached hydrogens (tertiary/aromatic N) is 3. The number of rotatable bonds is 6. The highest BCUT2D eigenvalue weighted by Crippen LogP contribution is 2.34. The van der Waals surface area contributed by atoms with Crippen molar-refractivity contribution in [1.82, 2.24) is 15.0 Å². The molecule has 0 bridgehead atoms. The van der Waals surface area contributed by atoms with Gasteiger partial charge in [0.15, 0.2) is 11.5 Å². The Labute approximate surface area is 142 Å². The zero-order valence-electron chi connectivity index (χ0n) is 13.2. The molecule has 0 atom stereocenters. The summed E-state index contributed by atoms with van der Waals surface area (Å²) >= 11 is 0. The third-order valence-electron chi connectivity index (χ3n) is 3.12. The smallest absolute Gasteiger partial charge is 0.311 e. The molecule has 0 fully saturated rings. The Morgan fingerprint density at radius 3 is 2.52 bits per heavy atom. The molecule has 0 aliphatic rings. The van der Waals surface area contributed by atoms with E-state index in [0.29, 0.717) is 28.2 Å². The maximum absolute atomic E-state index is 11.0. The molecule has 4 N–H and O–H groups in total. The summed E-state index contributed by atoms with van der Waals surface area (Å²) < 4.78 is 39.6. The summed E-state index contributed by atoms with van der Waals surface area (Å²) in [7, 11) is -0.936. The largest absolute Gasteiger partial charge is 0.493 e. The highest BCUT2D eigenvalue weighted by Gasteiger charge is 2.13. The van der Waals surface area contributed by atoms with Crippen molar-refractivity contribution in [2.24, 2.45) is 5.14 Å². The van der Waals surface area contributed by atoms with Gasteiger partial charge in [0.2, 0.25) is 5.88 Å². The second kappa shape index (κ2) is 6.41. The van der Waals surface area contributed by atoms with Crippen molar-refractivity contribution in [1.29, 1.82) is 0 Å². The summed E-state index contributed by atoms with van der Waals surface area (Å²) in [5.41, 5.74) is 0.609. The first-order valence-electron chi connectivity index (χ1n) is 6.79. The van der Waals surface area contributed by atoms with E-state index in [-0.39, 0.29) is 11.9 Å². The van der Waals surface area contributed by atoms with E-state index in [2.05, 4.69) is 20.3 Å². The van der Waals surface area contributed by atoms with E-state index >= 15 is 0 Å². The molecule has 0 aliphatic carbocycles. The van der Waals surface area contributed by atoms with Gasteiger partial charge in [0, 0.05) is 11.5 Å². The normalized spacial score (nSPS) is 11.3. The molecule has 12 heteroatoms. The first-order valence-corrected chi connectivity index (χ1v) is 8.34. The molecule has 0 aliphatic heterocycles. The van der Waals surface area contributed by atoms with Gasteiger partial charge in [-0.25, -0.2) is 19.8 Å². The number of fused-ring (bicyclic) bond motifs is 1. The molecule has 3 aromatic rings. The minimum absolute atomic E-state index is 0.154. The summed E-state index contributed by atoms with van der Waals surface area (Å²) in [4.78, 5) is 12.1. The minimum Gasteiger partial charge on any atom is -0.493 e. The molecule has 0 unspecified atom stereocenters. The van der Waals surface area contributed by atoms with Gasteiger partial charge in [-0.2, -0.15) is 13.4 Å². The van der Waals surface area contributed by atoms with E-state index in [4.69, 9.17) is 19.0 Å². The lowest BCUT2D eigenvalue weighted by molar-refractivity contribution is 0.356. The van der Waals surface area contributed by atoms with Gasteiger partial charge in [0.25, 0.3) is 10.2 Å². The Hall–Kier alpha value is -3.12. The molecule has 11 nitrogen and oxygen atoms in total. The van der Waals surface area contributed by atoms with Crippen LogP contribution >= 0.6 is 0 Å². The standard InChI is InChI=1S/C13H14N6O5S/c1-22-9-3-7-8(4-10(9)23-2)16-6-17-12(7)18-11-5-15-13(24-11)19-25(14,20)21/h3-6H,1-2H3,(H,15,19)(H2,14,20,21)(H,16,17,18). The fourth-order valence-electron chi connectivity index (χ4n) is 2.10. The van der Waals surface area contributed by atoms with Crippen molar-refractivity contribution in [2.45, 2.75) is 0 Å². The van der Waals surface area contributed by atoms with Gasteiger partial charge < -0.3 is 19.2 Å². The van der Waals surface area contributed by atoms with Crippen LogP contribution in [-0.2, 0) is 10.2 Å². The van der Waals surface area contributed by atoms with Crippen molar-refractivity contribution in [3.8, 4) is 11.5 Å². The highest BCUT2D eigenvalue weighted by atomic mass is 32.2. The zero-order valence-corrected chi connectivity index (χ0v) is 14.0. The summed E-state index contributed by atoms with van der Waals surface area (Å²) in [5.74, 6) is 1.59. The maximum Gasteiger partial charge on any atom is 0.311 e. The Balaban J connectivity index is 1.96. The summed E-state index contributed by atoms with van der Waals surface area (Å²) in [6, 6.07) is 3.13. The number of nitrogens with one attached hydrogen (secondary N) is 2. The van der Waals surface area contributed by atoms with Gasteiger partial charge in [-0.15, -0.1) is 0 Å². The molecule has 0 spiro atoms. The van der Waals surface area contributed by atoms with E-state index < -0.39 is 10.2 Å². The van der Waals surface area contributed by atoms with Gasteiger partial charge in [0.05, 0.1) is 25.9 Å². The highest BCUT2D eigenvalue weighted by molar-refractivity contribution is 7.90. The lowest BCUT2D eigenvalue weighted by atomic mass is 10.2. The number of methoxy groups -OCH3 is 2. The van der Waals surface area contributed by atoms with Crippen molar-refractivity contribution in [3.05, 3.63) is 24.7 Å². The second-order valence-electron chi connectivity index (χ2n) is 4.75. The predicted molar refractivity (Wildman–Crippen MR) is 89.2 cm³/mol. The van der Waals surface area contributed by atoms with Crippen LogP contribution < -0.4 is 24.7 Å². The van der Waals surface area contributed by atoms with Gasteiger partial charge in [-0.05, 0) is 6.07 Å². The molecular weight excluding hydrogens is 352 g/mol. The molecule has 2 heterocycles. The van der Waals surface area contributed by atoms with Crippen molar-refractivity contribution in [2.75, 3.05) is 24.3 Å². The van der Waals surface area contributed by atoms with E-state index in [0.717, 1.165) is 0 Å². The molecule has 132 valence electrons. The van der Waals surface area contributed by atoms with Crippen LogP contribution in [0.25, 0.3) is 10.9 Å². The topological polar surface area (TPSA) is 154 Å². The molecule has 0 amide bonds. The quantitative estimate of drug-likeness (QED) is 0.579. The number of nitrogens with two attached hydrogens (primary N) is 1. The van der Waals surface area contributed by atoms with Gasteiger partial charge in [-0.1, -0.05) is 0 Å². The predicted octanol–water partition coefficient (Wildman–Crippen LogP) is 0.994. The number of hydrogen-bond acceptors (Lipinski definition) is 9. The average Bonchev–Trinajstić information content (AvgIpc) is 2.98. The fraction of sp³-hybridized carbons (Fsp3) is 0.154. The van der Waals surface area contributed by atoms with Gasteiger partial charge in [-0.3, -0.25) is 0 Å². The fourth-order valence-corrected chi connectivity index (χ4v) is 2.44. The van der Waals surface area contributed by atoms with Crippen LogP contribution in [0.15, 0.2) is 29.1 Å². The Bertz CT molecular complexity index is 1020. The van der Waals surface area contributed by atoms with Crippen LogP contribution in [-0.4, -0.2) is 37.6 Å². The molecule has 0 radical (unpaired) electrons. The van der Waals surface area contributed by atoms with E-state index in [1.54, 1.807) is 12.1 Å². The van der Waals surface area contributed by atoms with Crippen LogP contribution in [0.4, 0.5) is 17.7 Å². The molecule has 0 saturated carbocycles. The van der Waals surface area contributed by atoms with E-state index in [1.807, 2.05) is 4.72 Å². The molecule has 3 rings (SSSR count). The monoisotopic (exact) mass is 366 g/mol. The van der Waals surface area contributed by atoms with Gasteiger partial charge >= 0.3 is 6.01 Å². The molecule has 25 heavy (non-hydrogen) atoms. The Morgan fingerprint density at radius 1 is 1.12 bits per heavy atom.